The molecule has 76 valence electrons. The van der Waals surface area contributed by atoms with Crippen LogP contribution in [-0.4, -0.2) is 13.1 Å². The molecule has 0 amide bonds. The van der Waals surface area contributed by atoms with E-state index in [9.17, 15) is 4.79 Å². The fraction of sp³-hybridized carbons (Fsp3) is 0.300. The summed E-state index contributed by atoms with van der Waals surface area (Å²) in [6, 6.07) is 5.20. The first-order valence-corrected chi connectivity index (χ1v) is 4.47. The SMILES string of the molecule is COc1ccc(Cl)c(COC(C)=O)c1. The maximum Gasteiger partial charge on any atom is 0.302 e. The summed E-state index contributed by atoms with van der Waals surface area (Å²) >= 11 is 5.89. The Hall–Kier alpha value is -1.22. The number of ether oxygens (including phenoxy) is 2. The maximum atomic E-state index is 10.6. The van der Waals surface area contributed by atoms with Gasteiger partial charge in [-0.15, -0.1) is 0 Å². The van der Waals surface area contributed by atoms with E-state index in [1.807, 2.05) is 0 Å². The minimum Gasteiger partial charge on any atom is -0.497 e. The first kappa shape index (κ1) is 10.9. The largest absolute Gasteiger partial charge is 0.497 e. The topological polar surface area (TPSA) is 35.5 Å². The Morgan fingerprint density at radius 3 is 2.79 bits per heavy atom. The molecule has 0 heterocycles. The molecule has 0 spiro atoms. The third kappa shape index (κ3) is 2.92. The summed E-state index contributed by atoms with van der Waals surface area (Å²) in [6.45, 7) is 1.53. The fourth-order valence-electron chi connectivity index (χ4n) is 0.968. The highest BCUT2D eigenvalue weighted by molar-refractivity contribution is 6.31. The van der Waals surface area contributed by atoms with E-state index in [0.717, 1.165) is 5.56 Å². The van der Waals surface area contributed by atoms with Crippen molar-refractivity contribution < 1.29 is 14.3 Å². The second-order valence-corrected chi connectivity index (χ2v) is 3.14. The highest BCUT2D eigenvalue weighted by Gasteiger charge is 2.03. The number of halogens is 1. The van der Waals surface area contributed by atoms with Crippen LogP contribution in [0.15, 0.2) is 18.2 Å². The zero-order chi connectivity index (χ0) is 10.6. The summed E-state index contributed by atoms with van der Waals surface area (Å²) in [4.78, 5) is 10.6. The van der Waals surface area contributed by atoms with Gasteiger partial charge in [0.05, 0.1) is 7.11 Å². The summed E-state index contributed by atoms with van der Waals surface area (Å²) in [5, 5.41) is 0.562. The van der Waals surface area contributed by atoms with E-state index in [4.69, 9.17) is 21.1 Å². The van der Waals surface area contributed by atoms with Gasteiger partial charge in [-0.05, 0) is 18.2 Å². The number of benzene rings is 1. The number of hydrogen-bond donors (Lipinski definition) is 0. The van der Waals surface area contributed by atoms with E-state index in [2.05, 4.69) is 0 Å². The monoisotopic (exact) mass is 214 g/mol. The summed E-state index contributed by atoms with van der Waals surface area (Å²) in [7, 11) is 1.57. The lowest BCUT2D eigenvalue weighted by Crippen LogP contribution is -1.99. The van der Waals surface area contributed by atoms with Crippen LogP contribution in [0.2, 0.25) is 5.02 Å². The molecule has 1 rings (SSSR count). The van der Waals surface area contributed by atoms with Gasteiger partial charge >= 0.3 is 5.97 Å². The molecule has 0 fully saturated rings. The fourth-order valence-corrected chi connectivity index (χ4v) is 1.14. The summed E-state index contributed by atoms with van der Waals surface area (Å²) < 4.78 is 9.85. The van der Waals surface area contributed by atoms with Gasteiger partial charge in [0.15, 0.2) is 0 Å². The van der Waals surface area contributed by atoms with Gasteiger partial charge in [-0.2, -0.15) is 0 Å². The molecule has 0 aliphatic rings. The van der Waals surface area contributed by atoms with Crippen molar-refractivity contribution in [1.29, 1.82) is 0 Å². The van der Waals surface area contributed by atoms with Crippen molar-refractivity contribution in [2.75, 3.05) is 7.11 Å². The Bertz CT molecular complexity index is 336. The van der Waals surface area contributed by atoms with Crippen LogP contribution in [0.3, 0.4) is 0 Å². The van der Waals surface area contributed by atoms with Crippen LogP contribution in [0.25, 0.3) is 0 Å². The molecule has 0 saturated heterocycles. The molecular weight excluding hydrogens is 204 g/mol. The maximum absolute atomic E-state index is 10.6. The minimum atomic E-state index is -0.330. The standard InChI is InChI=1S/C10H11ClO3/c1-7(12)14-6-8-5-9(13-2)3-4-10(8)11/h3-5H,6H2,1-2H3. The zero-order valence-electron chi connectivity index (χ0n) is 8.04. The summed E-state index contributed by atoms with van der Waals surface area (Å²) in [6.07, 6.45) is 0. The zero-order valence-corrected chi connectivity index (χ0v) is 8.80. The first-order valence-electron chi connectivity index (χ1n) is 4.09. The predicted octanol–water partition coefficient (Wildman–Crippen LogP) is 2.41. The average Bonchev–Trinajstić information content (AvgIpc) is 2.16. The van der Waals surface area contributed by atoms with E-state index >= 15 is 0 Å². The quantitative estimate of drug-likeness (QED) is 0.725. The normalized spacial score (nSPS) is 9.64. The minimum absolute atomic E-state index is 0.172. The van der Waals surface area contributed by atoms with Gasteiger partial charge in [-0.25, -0.2) is 0 Å². The van der Waals surface area contributed by atoms with E-state index in [0.29, 0.717) is 10.8 Å². The number of carbonyl (C=O) groups excluding carboxylic acids is 1. The molecule has 3 nitrogen and oxygen atoms in total. The average molecular weight is 215 g/mol. The second kappa shape index (κ2) is 4.86. The Morgan fingerprint density at radius 2 is 2.21 bits per heavy atom. The Morgan fingerprint density at radius 1 is 1.50 bits per heavy atom. The van der Waals surface area contributed by atoms with E-state index in [1.165, 1.54) is 6.92 Å². The van der Waals surface area contributed by atoms with E-state index in [1.54, 1.807) is 25.3 Å². The highest BCUT2D eigenvalue weighted by Crippen LogP contribution is 2.22. The smallest absolute Gasteiger partial charge is 0.302 e. The van der Waals surface area contributed by atoms with Gasteiger partial charge in [0, 0.05) is 17.5 Å². The van der Waals surface area contributed by atoms with Crippen LogP contribution in [0.1, 0.15) is 12.5 Å². The van der Waals surface area contributed by atoms with Crippen LogP contribution in [0.4, 0.5) is 0 Å². The van der Waals surface area contributed by atoms with Crippen molar-refractivity contribution >= 4 is 17.6 Å². The molecule has 1 aromatic carbocycles. The lowest BCUT2D eigenvalue weighted by molar-refractivity contribution is -0.142. The molecule has 4 heteroatoms. The van der Waals surface area contributed by atoms with Crippen molar-refractivity contribution in [2.24, 2.45) is 0 Å². The molecule has 0 aromatic heterocycles. The van der Waals surface area contributed by atoms with Crippen LogP contribution in [-0.2, 0) is 16.1 Å². The Balaban J connectivity index is 2.78. The molecule has 0 radical (unpaired) electrons. The molecule has 0 bridgehead atoms. The Labute approximate surface area is 87.6 Å². The third-order valence-electron chi connectivity index (χ3n) is 1.68. The van der Waals surface area contributed by atoms with Crippen molar-refractivity contribution in [3.05, 3.63) is 28.8 Å². The highest BCUT2D eigenvalue weighted by atomic mass is 35.5. The van der Waals surface area contributed by atoms with E-state index in [-0.39, 0.29) is 12.6 Å². The first-order chi connectivity index (χ1) is 6.63. The lowest BCUT2D eigenvalue weighted by atomic mass is 10.2. The van der Waals surface area contributed by atoms with Crippen LogP contribution in [0, 0.1) is 0 Å². The molecule has 0 atom stereocenters. The van der Waals surface area contributed by atoms with Gasteiger partial charge in [0.2, 0.25) is 0 Å². The molecule has 1 aromatic rings. The van der Waals surface area contributed by atoms with Crippen molar-refractivity contribution in [2.45, 2.75) is 13.5 Å². The van der Waals surface area contributed by atoms with Crippen molar-refractivity contribution in [3.63, 3.8) is 0 Å². The molecule has 0 N–H and O–H groups in total. The number of methoxy groups -OCH3 is 1. The molecule has 0 aliphatic carbocycles. The van der Waals surface area contributed by atoms with Crippen LogP contribution in [0.5, 0.6) is 5.75 Å². The summed E-state index contributed by atoms with van der Waals surface area (Å²) in [5.74, 6) is 0.362. The van der Waals surface area contributed by atoms with Crippen molar-refractivity contribution in [3.8, 4) is 5.75 Å². The van der Waals surface area contributed by atoms with Crippen LogP contribution >= 0.6 is 11.6 Å². The number of carbonyl (C=O) groups is 1. The second-order valence-electron chi connectivity index (χ2n) is 2.74. The predicted molar refractivity (Wildman–Crippen MR) is 53.5 cm³/mol. The molecule has 0 unspecified atom stereocenters. The molecular formula is C10H11ClO3. The van der Waals surface area contributed by atoms with Crippen molar-refractivity contribution in [1.82, 2.24) is 0 Å². The van der Waals surface area contributed by atoms with Crippen LogP contribution < -0.4 is 4.74 Å². The number of esters is 1. The van der Waals surface area contributed by atoms with Gasteiger partial charge in [0.1, 0.15) is 12.4 Å². The van der Waals surface area contributed by atoms with Gasteiger partial charge < -0.3 is 9.47 Å². The van der Waals surface area contributed by atoms with Gasteiger partial charge in [-0.1, -0.05) is 11.6 Å². The number of hydrogen-bond acceptors (Lipinski definition) is 3. The molecule has 0 saturated carbocycles. The van der Waals surface area contributed by atoms with Gasteiger partial charge in [-0.3, -0.25) is 4.79 Å². The third-order valence-corrected chi connectivity index (χ3v) is 2.05. The molecule has 0 aliphatic heterocycles. The molecule has 14 heavy (non-hydrogen) atoms. The Kier molecular flexibility index (Phi) is 3.77. The van der Waals surface area contributed by atoms with Gasteiger partial charge in [0.25, 0.3) is 0 Å². The van der Waals surface area contributed by atoms with E-state index < -0.39 is 0 Å². The lowest BCUT2D eigenvalue weighted by Gasteiger charge is -2.06. The summed E-state index contributed by atoms with van der Waals surface area (Å²) in [5.41, 5.74) is 0.737. The number of rotatable bonds is 3.